The molecule has 3 aliphatic rings. The van der Waals surface area contributed by atoms with Crippen LogP contribution in [0.5, 0.6) is 0 Å². The van der Waals surface area contributed by atoms with E-state index in [1.54, 1.807) is 0 Å². The lowest BCUT2D eigenvalue weighted by molar-refractivity contribution is -0.127. The molecule has 0 aliphatic carbocycles. The number of hydrogen-bond donors (Lipinski definition) is 0. The summed E-state index contributed by atoms with van der Waals surface area (Å²) in [5, 5.41) is 0. The van der Waals surface area contributed by atoms with Crippen LogP contribution in [-0.4, -0.2) is 47.9 Å². The molecule has 3 aliphatic heterocycles. The molecule has 0 aromatic rings. The summed E-state index contributed by atoms with van der Waals surface area (Å²) in [6, 6.07) is 0.595. The maximum Gasteiger partial charge on any atom is 0.223 e. The minimum Gasteiger partial charge on any atom is -0.339 e. The molecule has 0 bridgehead atoms. The topological polar surface area (TPSA) is 23.6 Å². The number of fused-ring (bicyclic) bond motifs is 1. The highest BCUT2D eigenvalue weighted by Gasteiger charge is 2.42. The SMILES string of the molecule is O=C1CC(CN2CCCC2)C2CCCN12. The van der Waals surface area contributed by atoms with E-state index in [4.69, 9.17) is 0 Å². The molecule has 1 amide bonds. The van der Waals surface area contributed by atoms with Crippen LogP contribution >= 0.6 is 0 Å². The molecule has 0 saturated carbocycles. The van der Waals surface area contributed by atoms with Crippen molar-refractivity contribution in [2.24, 2.45) is 5.92 Å². The third-order valence-electron chi connectivity index (χ3n) is 4.29. The van der Waals surface area contributed by atoms with Crippen molar-refractivity contribution in [3.8, 4) is 0 Å². The molecular formula is C12H20N2O. The molecule has 0 spiro atoms. The van der Waals surface area contributed by atoms with Crippen LogP contribution < -0.4 is 0 Å². The number of amides is 1. The van der Waals surface area contributed by atoms with Crippen LogP contribution in [0.2, 0.25) is 0 Å². The molecular weight excluding hydrogens is 188 g/mol. The van der Waals surface area contributed by atoms with Gasteiger partial charge in [0, 0.05) is 31.5 Å². The normalized spacial score (nSPS) is 36.5. The van der Waals surface area contributed by atoms with Gasteiger partial charge in [-0.2, -0.15) is 0 Å². The van der Waals surface area contributed by atoms with Crippen LogP contribution in [0.25, 0.3) is 0 Å². The quantitative estimate of drug-likeness (QED) is 0.678. The predicted molar refractivity (Wildman–Crippen MR) is 58.5 cm³/mol. The fraction of sp³-hybridized carbons (Fsp3) is 0.917. The average Bonchev–Trinajstić information content (AvgIpc) is 2.89. The zero-order valence-corrected chi connectivity index (χ0v) is 9.32. The standard InChI is InChI=1S/C12H20N2O/c15-12-8-10(9-13-5-1-2-6-13)11-4-3-7-14(11)12/h10-11H,1-9H2. The second-order valence-electron chi connectivity index (χ2n) is 5.27. The molecule has 3 rings (SSSR count). The Kier molecular flexibility index (Phi) is 2.43. The van der Waals surface area contributed by atoms with Crippen molar-refractivity contribution in [3.05, 3.63) is 0 Å². The molecule has 0 radical (unpaired) electrons. The average molecular weight is 208 g/mol. The maximum absolute atomic E-state index is 11.7. The summed E-state index contributed by atoms with van der Waals surface area (Å²) in [6.45, 7) is 4.72. The fourth-order valence-electron chi connectivity index (χ4n) is 3.55. The number of carbonyl (C=O) groups excluding carboxylic acids is 1. The highest BCUT2D eigenvalue weighted by molar-refractivity contribution is 5.79. The Labute approximate surface area is 91.4 Å². The van der Waals surface area contributed by atoms with Crippen molar-refractivity contribution in [2.45, 2.75) is 38.1 Å². The number of hydrogen-bond acceptors (Lipinski definition) is 2. The largest absolute Gasteiger partial charge is 0.339 e. The summed E-state index contributed by atoms with van der Waals surface area (Å²) in [6.07, 6.45) is 6.02. The lowest BCUT2D eigenvalue weighted by atomic mass is 9.98. The number of carbonyl (C=O) groups is 1. The Morgan fingerprint density at radius 3 is 2.73 bits per heavy atom. The zero-order valence-electron chi connectivity index (χ0n) is 9.32. The molecule has 84 valence electrons. The second-order valence-corrected chi connectivity index (χ2v) is 5.27. The van der Waals surface area contributed by atoms with Gasteiger partial charge in [-0.25, -0.2) is 0 Å². The van der Waals surface area contributed by atoms with Crippen molar-refractivity contribution in [1.29, 1.82) is 0 Å². The van der Waals surface area contributed by atoms with Gasteiger partial charge in [0.05, 0.1) is 0 Å². The van der Waals surface area contributed by atoms with Gasteiger partial charge in [-0.15, -0.1) is 0 Å². The Morgan fingerprint density at radius 2 is 1.93 bits per heavy atom. The van der Waals surface area contributed by atoms with Gasteiger partial charge in [0.2, 0.25) is 5.91 Å². The molecule has 0 N–H and O–H groups in total. The summed E-state index contributed by atoms with van der Waals surface area (Å²) < 4.78 is 0. The highest BCUT2D eigenvalue weighted by Crippen LogP contribution is 2.34. The maximum atomic E-state index is 11.7. The van der Waals surface area contributed by atoms with Crippen LogP contribution in [0, 0.1) is 5.92 Å². The van der Waals surface area contributed by atoms with Crippen LogP contribution in [0.15, 0.2) is 0 Å². The van der Waals surface area contributed by atoms with E-state index in [0.717, 1.165) is 13.0 Å². The Balaban J connectivity index is 1.63. The summed E-state index contributed by atoms with van der Waals surface area (Å²) in [5.41, 5.74) is 0. The van der Waals surface area contributed by atoms with E-state index in [2.05, 4.69) is 9.80 Å². The Hall–Kier alpha value is -0.570. The van der Waals surface area contributed by atoms with Crippen molar-refractivity contribution in [3.63, 3.8) is 0 Å². The summed E-state index contributed by atoms with van der Waals surface area (Å²) in [4.78, 5) is 16.4. The van der Waals surface area contributed by atoms with Gasteiger partial charge in [0.25, 0.3) is 0 Å². The molecule has 3 heterocycles. The predicted octanol–water partition coefficient (Wildman–Crippen LogP) is 1.09. The van der Waals surface area contributed by atoms with Gasteiger partial charge >= 0.3 is 0 Å². The van der Waals surface area contributed by atoms with Crippen LogP contribution in [0.4, 0.5) is 0 Å². The molecule has 2 atom stereocenters. The molecule has 0 aromatic heterocycles. The molecule has 15 heavy (non-hydrogen) atoms. The van der Waals surface area contributed by atoms with E-state index in [0.29, 0.717) is 17.9 Å². The minimum atomic E-state index is 0.418. The number of rotatable bonds is 2. The zero-order chi connectivity index (χ0) is 10.3. The molecule has 3 saturated heterocycles. The first-order chi connectivity index (χ1) is 7.34. The van der Waals surface area contributed by atoms with E-state index < -0.39 is 0 Å². The van der Waals surface area contributed by atoms with E-state index in [1.165, 1.54) is 45.3 Å². The summed E-state index contributed by atoms with van der Waals surface area (Å²) in [7, 11) is 0. The fourth-order valence-corrected chi connectivity index (χ4v) is 3.55. The van der Waals surface area contributed by atoms with E-state index in [9.17, 15) is 4.79 Å². The first-order valence-electron chi connectivity index (χ1n) is 6.36. The van der Waals surface area contributed by atoms with Crippen molar-refractivity contribution in [1.82, 2.24) is 9.80 Å². The van der Waals surface area contributed by atoms with Gasteiger partial charge in [0.1, 0.15) is 0 Å². The summed E-state index contributed by atoms with van der Waals surface area (Å²) >= 11 is 0. The van der Waals surface area contributed by atoms with E-state index in [-0.39, 0.29) is 0 Å². The van der Waals surface area contributed by atoms with E-state index in [1.807, 2.05) is 0 Å². The Bertz CT molecular complexity index is 260. The van der Waals surface area contributed by atoms with Crippen LogP contribution in [0.1, 0.15) is 32.1 Å². The molecule has 0 aromatic carbocycles. The summed E-state index contributed by atoms with van der Waals surface area (Å²) in [5.74, 6) is 1.06. The van der Waals surface area contributed by atoms with Crippen LogP contribution in [-0.2, 0) is 4.79 Å². The highest BCUT2D eigenvalue weighted by atomic mass is 16.2. The van der Waals surface area contributed by atoms with Crippen molar-refractivity contribution < 1.29 is 4.79 Å². The van der Waals surface area contributed by atoms with Gasteiger partial charge in [-0.05, 0) is 38.8 Å². The first kappa shape index (κ1) is 9.64. The minimum absolute atomic E-state index is 0.418. The molecule has 3 fully saturated rings. The van der Waals surface area contributed by atoms with Crippen molar-refractivity contribution in [2.75, 3.05) is 26.2 Å². The van der Waals surface area contributed by atoms with Gasteiger partial charge in [0.15, 0.2) is 0 Å². The van der Waals surface area contributed by atoms with E-state index >= 15 is 0 Å². The monoisotopic (exact) mass is 208 g/mol. The van der Waals surface area contributed by atoms with Crippen molar-refractivity contribution >= 4 is 5.91 Å². The molecule has 2 unspecified atom stereocenters. The van der Waals surface area contributed by atoms with Gasteiger partial charge in [-0.3, -0.25) is 4.79 Å². The molecule has 3 heteroatoms. The molecule has 3 nitrogen and oxygen atoms in total. The third-order valence-corrected chi connectivity index (χ3v) is 4.29. The lowest BCUT2D eigenvalue weighted by Crippen LogP contribution is -2.34. The van der Waals surface area contributed by atoms with Gasteiger partial charge in [-0.1, -0.05) is 0 Å². The Morgan fingerprint density at radius 1 is 1.13 bits per heavy atom. The van der Waals surface area contributed by atoms with Crippen LogP contribution in [0.3, 0.4) is 0 Å². The smallest absolute Gasteiger partial charge is 0.223 e. The van der Waals surface area contributed by atoms with Gasteiger partial charge < -0.3 is 9.80 Å². The first-order valence-corrected chi connectivity index (χ1v) is 6.36. The number of likely N-dealkylation sites (tertiary alicyclic amines) is 1. The second kappa shape index (κ2) is 3.78. The number of nitrogens with zero attached hydrogens (tertiary/aromatic N) is 2. The lowest BCUT2D eigenvalue weighted by Gasteiger charge is -2.24. The third kappa shape index (κ3) is 1.67.